The lowest BCUT2D eigenvalue weighted by Gasteiger charge is -1.96. The maximum Gasteiger partial charge on any atom is 0.108 e. The first-order chi connectivity index (χ1) is 5.15. The van der Waals surface area contributed by atoms with Crippen molar-refractivity contribution >= 4 is 21.5 Å². The second-order valence-corrected chi connectivity index (χ2v) is 3.12. The van der Waals surface area contributed by atoms with E-state index in [-0.39, 0.29) is 0 Å². The van der Waals surface area contributed by atoms with Crippen molar-refractivity contribution in [3.8, 4) is 0 Å². The molecule has 0 N–H and O–H groups in total. The number of allylic oxidation sites excluding steroid dienone is 1. The summed E-state index contributed by atoms with van der Waals surface area (Å²) in [4.78, 5) is 0. The molecule has 0 saturated heterocycles. The van der Waals surface area contributed by atoms with Crippen LogP contribution in [0.3, 0.4) is 0 Å². The quantitative estimate of drug-likeness (QED) is 0.690. The summed E-state index contributed by atoms with van der Waals surface area (Å²) in [5.41, 5.74) is 2.19. The van der Waals surface area contributed by atoms with E-state index in [1.807, 2.05) is 19.9 Å². The summed E-state index contributed by atoms with van der Waals surface area (Å²) in [7, 11) is 0. The topological polar surface area (TPSA) is 13.1 Å². The zero-order valence-corrected chi connectivity index (χ0v) is 8.36. The highest BCUT2D eigenvalue weighted by atomic mass is 79.9. The molecule has 1 nitrogen and oxygen atoms in total. The molecule has 0 aliphatic heterocycles. The van der Waals surface area contributed by atoms with Gasteiger partial charge < -0.3 is 4.42 Å². The molecule has 0 aliphatic carbocycles. The first-order valence-electron chi connectivity index (χ1n) is 3.46. The number of halogens is 1. The lowest BCUT2D eigenvalue weighted by atomic mass is 10.1. The van der Waals surface area contributed by atoms with Crippen LogP contribution in [0.2, 0.25) is 0 Å². The van der Waals surface area contributed by atoms with Crippen molar-refractivity contribution in [2.45, 2.75) is 13.8 Å². The third-order valence-corrected chi connectivity index (χ3v) is 2.26. The molecular weight excluding hydrogens is 204 g/mol. The SMILES string of the molecule is C=C(CBr)c1cc(C)oc1C. The third kappa shape index (κ3) is 1.74. The van der Waals surface area contributed by atoms with E-state index in [9.17, 15) is 0 Å². The molecule has 11 heavy (non-hydrogen) atoms. The molecule has 1 heterocycles. The minimum absolute atomic E-state index is 0.798. The van der Waals surface area contributed by atoms with Crippen molar-refractivity contribution < 1.29 is 4.42 Å². The maximum atomic E-state index is 5.36. The van der Waals surface area contributed by atoms with Gasteiger partial charge in [-0.25, -0.2) is 0 Å². The standard InChI is InChI=1S/C9H11BrO/c1-6(5-10)9-4-7(2)11-8(9)3/h4H,1,5H2,2-3H3. The Labute approximate surface area is 75.2 Å². The molecule has 0 fully saturated rings. The van der Waals surface area contributed by atoms with Gasteiger partial charge in [-0.05, 0) is 25.5 Å². The molecule has 0 aromatic carbocycles. The van der Waals surface area contributed by atoms with Gasteiger partial charge in [-0.3, -0.25) is 0 Å². The highest BCUT2D eigenvalue weighted by molar-refractivity contribution is 9.09. The number of aryl methyl sites for hydroxylation is 2. The monoisotopic (exact) mass is 214 g/mol. The Morgan fingerprint density at radius 2 is 2.27 bits per heavy atom. The minimum atomic E-state index is 0.798. The molecule has 0 bridgehead atoms. The highest BCUT2D eigenvalue weighted by Gasteiger charge is 2.05. The fourth-order valence-electron chi connectivity index (χ4n) is 1.05. The van der Waals surface area contributed by atoms with E-state index in [1.54, 1.807) is 0 Å². The number of furan rings is 1. The Morgan fingerprint density at radius 1 is 1.64 bits per heavy atom. The molecular formula is C9H11BrO. The van der Waals surface area contributed by atoms with E-state index in [0.29, 0.717) is 0 Å². The molecule has 0 aliphatic rings. The van der Waals surface area contributed by atoms with Crippen molar-refractivity contribution in [1.82, 2.24) is 0 Å². The molecule has 0 amide bonds. The zero-order valence-electron chi connectivity index (χ0n) is 6.78. The van der Waals surface area contributed by atoms with Gasteiger partial charge in [0.25, 0.3) is 0 Å². The van der Waals surface area contributed by atoms with E-state index < -0.39 is 0 Å². The van der Waals surface area contributed by atoms with E-state index in [4.69, 9.17) is 4.42 Å². The summed E-state index contributed by atoms with van der Waals surface area (Å²) >= 11 is 3.35. The summed E-state index contributed by atoms with van der Waals surface area (Å²) in [5, 5.41) is 0.798. The second-order valence-electron chi connectivity index (χ2n) is 2.56. The zero-order chi connectivity index (χ0) is 8.43. The van der Waals surface area contributed by atoms with Gasteiger partial charge in [-0.15, -0.1) is 0 Å². The van der Waals surface area contributed by atoms with Gasteiger partial charge in [0, 0.05) is 10.9 Å². The summed E-state index contributed by atoms with van der Waals surface area (Å²) in [6.07, 6.45) is 0. The molecule has 0 radical (unpaired) electrons. The van der Waals surface area contributed by atoms with Gasteiger partial charge >= 0.3 is 0 Å². The molecule has 60 valence electrons. The van der Waals surface area contributed by atoms with Gasteiger partial charge in [-0.2, -0.15) is 0 Å². The van der Waals surface area contributed by atoms with Gasteiger partial charge in [0.05, 0.1) is 0 Å². The molecule has 2 heteroatoms. The van der Waals surface area contributed by atoms with Crippen LogP contribution in [0, 0.1) is 13.8 Å². The summed E-state index contributed by atoms with van der Waals surface area (Å²) < 4.78 is 5.36. The van der Waals surface area contributed by atoms with E-state index >= 15 is 0 Å². The molecule has 1 aromatic rings. The number of rotatable bonds is 2. The molecule has 1 rings (SSSR count). The number of alkyl halides is 1. The lowest BCUT2D eigenvalue weighted by Crippen LogP contribution is -1.81. The van der Waals surface area contributed by atoms with Crippen molar-refractivity contribution in [3.05, 3.63) is 29.7 Å². The van der Waals surface area contributed by atoms with Gasteiger partial charge in [-0.1, -0.05) is 22.5 Å². The van der Waals surface area contributed by atoms with Crippen LogP contribution in [0.4, 0.5) is 0 Å². The van der Waals surface area contributed by atoms with Gasteiger partial charge in [0.2, 0.25) is 0 Å². The molecule has 0 saturated carbocycles. The fraction of sp³-hybridized carbons (Fsp3) is 0.333. The van der Waals surface area contributed by atoms with Crippen LogP contribution >= 0.6 is 15.9 Å². The van der Waals surface area contributed by atoms with E-state index in [1.165, 1.54) is 0 Å². The van der Waals surface area contributed by atoms with Crippen LogP contribution in [0.15, 0.2) is 17.1 Å². The lowest BCUT2D eigenvalue weighted by molar-refractivity contribution is 0.504. The number of hydrogen-bond donors (Lipinski definition) is 0. The summed E-state index contributed by atoms with van der Waals surface area (Å²) in [6.45, 7) is 7.81. The van der Waals surface area contributed by atoms with Crippen LogP contribution in [0.25, 0.3) is 5.57 Å². The van der Waals surface area contributed by atoms with E-state index in [0.717, 1.165) is 28.0 Å². The Morgan fingerprint density at radius 3 is 2.64 bits per heavy atom. The molecule has 1 aromatic heterocycles. The van der Waals surface area contributed by atoms with Crippen molar-refractivity contribution in [2.24, 2.45) is 0 Å². The van der Waals surface area contributed by atoms with Crippen molar-refractivity contribution in [3.63, 3.8) is 0 Å². The highest BCUT2D eigenvalue weighted by Crippen LogP contribution is 2.22. The predicted molar refractivity (Wildman–Crippen MR) is 51.0 cm³/mol. The third-order valence-electron chi connectivity index (χ3n) is 1.58. The normalized spacial score (nSPS) is 10.1. The summed E-state index contributed by atoms with van der Waals surface area (Å²) in [6, 6.07) is 2.01. The average Bonchev–Trinajstić information content (AvgIpc) is 2.28. The van der Waals surface area contributed by atoms with Crippen LogP contribution < -0.4 is 0 Å². The Kier molecular flexibility index (Phi) is 2.55. The second kappa shape index (κ2) is 3.26. The summed E-state index contributed by atoms with van der Waals surface area (Å²) in [5.74, 6) is 1.89. The van der Waals surface area contributed by atoms with E-state index in [2.05, 4.69) is 22.5 Å². The van der Waals surface area contributed by atoms with Gasteiger partial charge in [0.1, 0.15) is 11.5 Å². The van der Waals surface area contributed by atoms with Crippen LogP contribution in [-0.2, 0) is 0 Å². The number of hydrogen-bond acceptors (Lipinski definition) is 1. The minimum Gasteiger partial charge on any atom is -0.466 e. The Balaban J connectivity index is 3.03. The Hall–Kier alpha value is -0.500. The fourth-order valence-corrected chi connectivity index (χ4v) is 1.36. The van der Waals surface area contributed by atoms with Crippen LogP contribution in [0.1, 0.15) is 17.1 Å². The van der Waals surface area contributed by atoms with Crippen molar-refractivity contribution in [1.29, 1.82) is 0 Å². The predicted octanol–water partition coefficient (Wildman–Crippen LogP) is 3.30. The smallest absolute Gasteiger partial charge is 0.108 e. The van der Waals surface area contributed by atoms with Crippen LogP contribution in [-0.4, -0.2) is 5.33 Å². The largest absolute Gasteiger partial charge is 0.466 e. The maximum absolute atomic E-state index is 5.36. The first kappa shape index (κ1) is 8.60. The molecule has 0 spiro atoms. The average molecular weight is 215 g/mol. The van der Waals surface area contributed by atoms with Crippen LogP contribution in [0.5, 0.6) is 0 Å². The molecule has 0 unspecified atom stereocenters. The Bertz CT molecular complexity index is 273. The first-order valence-corrected chi connectivity index (χ1v) is 4.58. The van der Waals surface area contributed by atoms with Gasteiger partial charge in [0.15, 0.2) is 0 Å². The molecule has 0 atom stereocenters. The van der Waals surface area contributed by atoms with Crippen molar-refractivity contribution in [2.75, 3.05) is 5.33 Å².